The van der Waals surface area contributed by atoms with Gasteiger partial charge in [-0.2, -0.15) is 4.98 Å². The van der Waals surface area contributed by atoms with Crippen LogP contribution < -0.4 is 5.32 Å². The minimum absolute atomic E-state index is 0.0788. The van der Waals surface area contributed by atoms with Crippen LogP contribution in [0.15, 0.2) is 47.0 Å². The number of nitrogens with one attached hydrogen (secondary N) is 1. The Bertz CT molecular complexity index is 949. The lowest BCUT2D eigenvalue weighted by atomic mass is 10.1. The summed E-state index contributed by atoms with van der Waals surface area (Å²) in [5, 5.41) is 7.01. The van der Waals surface area contributed by atoms with Crippen molar-refractivity contribution in [2.24, 2.45) is 0 Å². The number of amides is 1. The summed E-state index contributed by atoms with van der Waals surface area (Å²) in [7, 11) is 1.85. The molecule has 0 saturated carbocycles. The molecule has 0 spiro atoms. The van der Waals surface area contributed by atoms with Crippen molar-refractivity contribution >= 4 is 11.6 Å². The van der Waals surface area contributed by atoms with Crippen molar-refractivity contribution in [3.63, 3.8) is 0 Å². The molecular formula is C21H24N4O2. The van der Waals surface area contributed by atoms with Crippen LogP contribution in [0.4, 0.5) is 5.69 Å². The highest BCUT2D eigenvalue weighted by Crippen LogP contribution is 2.20. The fraction of sp³-hybridized carbons (Fsp3) is 0.286. The van der Waals surface area contributed by atoms with Crippen molar-refractivity contribution in [1.82, 2.24) is 15.0 Å². The monoisotopic (exact) mass is 364 g/mol. The maximum atomic E-state index is 12.3. The molecule has 1 amide bonds. The molecule has 0 bridgehead atoms. The van der Waals surface area contributed by atoms with Crippen LogP contribution in [-0.2, 0) is 11.3 Å². The van der Waals surface area contributed by atoms with Crippen LogP contribution in [0.3, 0.4) is 0 Å². The molecule has 0 fully saturated rings. The zero-order valence-electron chi connectivity index (χ0n) is 16.1. The fourth-order valence-corrected chi connectivity index (χ4v) is 2.86. The molecule has 0 aliphatic heterocycles. The third kappa shape index (κ3) is 4.60. The number of hydrogen-bond donors (Lipinski definition) is 1. The molecule has 27 heavy (non-hydrogen) atoms. The summed E-state index contributed by atoms with van der Waals surface area (Å²) in [4.78, 5) is 18.6. The third-order valence-electron chi connectivity index (χ3n) is 4.55. The molecule has 0 atom stereocenters. The van der Waals surface area contributed by atoms with Gasteiger partial charge in [0, 0.05) is 11.3 Å². The lowest BCUT2D eigenvalue weighted by Gasteiger charge is -2.15. The van der Waals surface area contributed by atoms with E-state index >= 15 is 0 Å². The Balaban J connectivity index is 1.59. The summed E-state index contributed by atoms with van der Waals surface area (Å²) >= 11 is 0. The van der Waals surface area contributed by atoms with Crippen LogP contribution >= 0.6 is 0 Å². The maximum absolute atomic E-state index is 12.3. The Labute approximate surface area is 159 Å². The molecule has 0 radical (unpaired) electrons. The molecule has 6 heteroatoms. The first kappa shape index (κ1) is 18.8. The van der Waals surface area contributed by atoms with E-state index in [1.54, 1.807) is 0 Å². The molecule has 0 saturated heterocycles. The van der Waals surface area contributed by atoms with E-state index in [9.17, 15) is 4.79 Å². The number of carbonyl (C=O) groups is 1. The predicted octanol–water partition coefficient (Wildman–Crippen LogP) is 3.73. The van der Waals surface area contributed by atoms with Crippen molar-refractivity contribution in [3.05, 3.63) is 65.0 Å². The largest absolute Gasteiger partial charge is 0.338 e. The van der Waals surface area contributed by atoms with Crippen LogP contribution in [0.25, 0.3) is 11.4 Å². The SMILES string of the molecule is Cc1ccccc1-c1noc(CN(C)CC(=O)Nc2cccc(C)c2C)n1. The fourth-order valence-electron chi connectivity index (χ4n) is 2.86. The topological polar surface area (TPSA) is 71.3 Å². The van der Waals surface area contributed by atoms with Crippen LogP contribution in [-0.4, -0.2) is 34.5 Å². The second-order valence-corrected chi connectivity index (χ2v) is 6.79. The zero-order valence-corrected chi connectivity index (χ0v) is 16.1. The second kappa shape index (κ2) is 8.14. The number of nitrogens with zero attached hydrogens (tertiary/aromatic N) is 3. The Morgan fingerprint density at radius 1 is 1.07 bits per heavy atom. The summed E-state index contributed by atoms with van der Waals surface area (Å²) in [5.74, 6) is 0.969. The van der Waals surface area contributed by atoms with E-state index in [0.717, 1.165) is 27.9 Å². The van der Waals surface area contributed by atoms with Crippen LogP contribution in [0.2, 0.25) is 0 Å². The van der Waals surface area contributed by atoms with E-state index in [1.165, 1.54) is 0 Å². The molecule has 3 rings (SSSR count). The molecule has 0 aliphatic carbocycles. The predicted molar refractivity (Wildman–Crippen MR) is 105 cm³/mol. The van der Waals surface area contributed by atoms with Gasteiger partial charge in [0.1, 0.15) is 0 Å². The Morgan fingerprint density at radius 2 is 1.81 bits per heavy atom. The van der Waals surface area contributed by atoms with E-state index in [-0.39, 0.29) is 12.5 Å². The van der Waals surface area contributed by atoms with Gasteiger partial charge in [-0.3, -0.25) is 9.69 Å². The minimum atomic E-state index is -0.0788. The van der Waals surface area contributed by atoms with E-state index in [0.29, 0.717) is 18.3 Å². The molecule has 1 N–H and O–H groups in total. The Kier molecular flexibility index (Phi) is 5.66. The quantitative estimate of drug-likeness (QED) is 0.721. The summed E-state index contributed by atoms with van der Waals surface area (Å²) in [5.41, 5.74) is 5.10. The highest BCUT2D eigenvalue weighted by atomic mass is 16.5. The van der Waals surface area contributed by atoms with Crippen molar-refractivity contribution in [2.45, 2.75) is 27.3 Å². The van der Waals surface area contributed by atoms with Gasteiger partial charge in [-0.25, -0.2) is 0 Å². The second-order valence-electron chi connectivity index (χ2n) is 6.79. The Hall–Kier alpha value is -2.99. The van der Waals surface area contributed by atoms with Gasteiger partial charge in [0.15, 0.2) is 0 Å². The van der Waals surface area contributed by atoms with E-state index in [4.69, 9.17) is 4.52 Å². The molecule has 2 aromatic carbocycles. The average Bonchev–Trinajstić information content (AvgIpc) is 3.07. The minimum Gasteiger partial charge on any atom is -0.338 e. The molecule has 6 nitrogen and oxygen atoms in total. The van der Waals surface area contributed by atoms with Crippen LogP contribution in [0, 0.1) is 20.8 Å². The summed E-state index contributed by atoms with van der Waals surface area (Å²) in [6, 6.07) is 13.8. The van der Waals surface area contributed by atoms with Gasteiger partial charge in [0.2, 0.25) is 17.6 Å². The first-order valence-electron chi connectivity index (χ1n) is 8.87. The molecule has 0 aliphatic rings. The highest BCUT2D eigenvalue weighted by Gasteiger charge is 2.14. The van der Waals surface area contributed by atoms with Crippen molar-refractivity contribution < 1.29 is 9.32 Å². The number of likely N-dealkylation sites (N-methyl/N-ethyl adjacent to an activating group) is 1. The maximum Gasteiger partial charge on any atom is 0.241 e. The molecule has 0 unspecified atom stereocenters. The van der Waals surface area contributed by atoms with Crippen LogP contribution in [0.1, 0.15) is 22.6 Å². The Morgan fingerprint density at radius 3 is 2.59 bits per heavy atom. The zero-order chi connectivity index (χ0) is 19.4. The smallest absolute Gasteiger partial charge is 0.241 e. The van der Waals surface area contributed by atoms with Crippen molar-refractivity contribution in [3.8, 4) is 11.4 Å². The summed E-state index contributed by atoms with van der Waals surface area (Å²) in [6.45, 7) is 6.67. The van der Waals surface area contributed by atoms with Crippen LogP contribution in [0.5, 0.6) is 0 Å². The number of aryl methyl sites for hydroxylation is 2. The molecular weight excluding hydrogens is 340 g/mol. The lowest BCUT2D eigenvalue weighted by Crippen LogP contribution is -2.30. The molecule has 1 aromatic heterocycles. The number of anilines is 1. The number of rotatable bonds is 6. The highest BCUT2D eigenvalue weighted by molar-refractivity contribution is 5.93. The number of benzene rings is 2. The number of aromatic nitrogens is 2. The summed E-state index contributed by atoms with van der Waals surface area (Å²) < 4.78 is 5.34. The average molecular weight is 364 g/mol. The molecule has 140 valence electrons. The van der Waals surface area contributed by atoms with Gasteiger partial charge < -0.3 is 9.84 Å². The molecule has 3 aromatic rings. The van der Waals surface area contributed by atoms with Gasteiger partial charge in [-0.1, -0.05) is 41.6 Å². The first-order valence-corrected chi connectivity index (χ1v) is 8.87. The van der Waals surface area contributed by atoms with Crippen molar-refractivity contribution in [2.75, 3.05) is 18.9 Å². The van der Waals surface area contributed by atoms with Gasteiger partial charge in [-0.15, -0.1) is 0 Å². The first-order chi connectivity index (χ1) is 12.9. The summed E-state index contributed by atoms with van der Waals surface area (Å²) in [6.07, 6.45) is 0. The van der Waals surface area contributed by atoms with E-state index in [1.807, 2.05) is 75.2 Å². The van der Waals surface area contributed by atoms with Gasteiger partial charge in [0.25, 0.3) is 0 Å². The van der Waals surface area contributed by atoms with Gasteiger partial charge >= 0.3 is 0 Å². The van der Waals surface area contributed by atoms with E-state index < -0.39 is 0 Å². The van der Waals surface area contributed by atoms with E-state index in [2.05, 4.69) is 15.5 Å². The van der Waals surface area contributed by atoms with Crippen molar-refractivity contribution in [1.29, 1.82) is 0 Å². The number of carbonyl (C=O) groups excluding carboxylic acids is 1. The lowest BCUT2D eigenvalue weighted by molar-refractivity contribution is -0.117. The standard InChI is InChI=1S/C21H24N4O2/c1-14-9-7-11-18(16(14)3)22-19(26)12-25(4)13-20-23-21(24-27-20)17-10-6-5-8-15(17)2/h5-11H,12-13H2,1-4H3,(H,22,26). The molecule has 1 heterocycles. The van der Waals surface area contributed by atoms with Gasteiger partial charge in [0.05, 0.1) is 13.1 Å². The normalized spacial score (nSPS) is 11.0. The third-order valence-corrected chi connectivity index (χ3v) is 4.55. The van der Waals surface area contributed by atoms with Gasteiger partial charge in [-0.05, 0) is 50.6 Å². The number of hydrogen-bond acceptors (Lipinski definition) is 5.